The third-order valence-corrected chi connectivity index (χ3v) is 4.76. The Labute approximate surface area is 180 Å². The topological polar surface area (TPSA) is 109 Å². The first kappa shape index (κ1) is 21.0. The number of halogens is 1. The third kappa shape index (κ3) is 4.45. The Bertz CT molecular complexity index is 1210. The molecule has 0 aliphatic heterocycles. The Morgan fingerprint density at radius 2 is 1.90 bits per heavy atom. The van der Waals surface area contributed by atoms with Gasteiger partial charge in [0.1, 0.15) is 17.4 Å². The van der Waals surface area contributed by atoms with E-state index >= 15 is 0 Å². The van der Waals surface area contributed by atoms with Crippen molar-refractivity contribution in [1.29, 1.82) is 5.26 Å². The lowest BCUT2D eigenvalue weighted by Crippen LogP contribution is -2.31. The molecule has 9 heteroatoms. The minimum absolute atomic E-state index is 0.0741. The molecular weight excluding hydrogens is 450 g/mol. The second-order valence-corrected chi connectivity index (χ2v) is 7.04. The Balaban J connectivity index is 1.95. The van der Waals surface area contributed by atoms with Crippen molar-refractivity contribution in [3.63, 3.8) is 0 Å². The Morgan fingerprint density at radius 3 is 2.50 bits per heavy atom. The second kappa shape index (κ2) is 9.15. The van der Waals surface area contributed by atoms with E-state index in [1.807, 2.05) is 30.3 Å². The number of hydrogen-bond acceptors (Lipinski definition) is 6. The van der Waals surface area contributed by atoms with Gasteiger partial charge in [-0.25, -0.2) is 5.43 Å². The molecular formula is C21H16BrN5O3. The number of ether oxygens (including phenoxy) is 1. The number of nitrogens with zero attached hydrogens (tertiary/aromatic N) is 4. The van der Waals surface area contributed by atoms with Crippen LogP contribution in [-0.4, -0.2) is 29.0 Å². The summed E-state index contributed by atoms with van der Waals surface area (Å²) < 4.78 is 7.04. The standard InChI is InChI=1S/C21H16BrN5O3/c1-13-18(11-23)21(29)27(16-7-9-17(30-2)10-8-16)26-19(13)20(28)25-24-12-14-3-5-15(22)6-4-14/h3-10,12H,1-2H3,(H,25,28)/b24-12+. The van der Waals surface area contributed by atoms with Gasteiger partial charge in [-0.2, -0.15) is 20.1 Å². The lowest BCUT2D eigenvalue weighted by Gasteiger charge is -2.11. The van der Waals surface area contributed by atoms with Crippen molar-refractivity contribution >= 4 is 28.1 Å². The summed E-state index contributed by atoms with van der Waals surface area (Å²) in [5, 5.41) is 17.5. The fraction of sp³-hybridized carbons (Fsp3) is 0.0952. The number of methoxy groups -OCH3 is 1. The third-order valence-electron chi connectivity index (χ3n) is 4.23. The van der Waals surface area contributed by atoms with Crippen molar-refractivity contribution in [2.75, 3.05) is 7.11 Å². The highest BCUT2D eigenvalue weighted by atomic mass is 79.9. The molecule has 1 N–H and O–H groups in total. The Kier molecular flexibility index (Phi) is 6.39. The second-order valence-electron chi connectivity index (χ2n) is 6.13. The largest absolute Gasteiger partial charge is 0.497 e. The molecule has 0 atom stereocenters. The van der Waals surface area contributed by atoms with Crippen LogP contribution in [0.1, 0.15) is 27.2 Å². The normalized spacial score (nSPS) is 10.6. The van der Waals surface area contributed by atoms with E-state index in [4.69, 9.17) is 4.74 Å². The molecule has 1 aromatic heterocycles. The van der Waals surface area contributed by atoms with Crippen LogP contribution < -0.4 is 15.7 Å². The summed E-state index contributed by atoms with van der Waals surface area (Å²) in [7, 11) is 1.52. The molecule has 0 bridgehead atoms. The maximum atomic E-state index is 12.7. The van der Waals surface area contributed by atoms with Gasteiger partial charge in [0.2, 0.25) is 0 Å². The summed E-state index contributed by atoms with van der Waals surface area (Å²) in [6.07, 6.45) is 1.48. The highest BCUT2D eigenvalue weighted by molar-refractivity contribution is 9.10. The molecule has 0 fully saturated rings. The van der Waals surface area contributed by atoms with E-state index in [0.29, 0.717) is 11.4 Å². The fourth-order valence-electron chi connectivity index (χ4n) is 2.62. The molecule has 0 spiro atoms. The van der Waals surface area contributed by atoms with E-state index in [-0.39, 0.29) is 16.8 Å². The van der Waals surface area contributed by atoms with Crippen LogP contribution in [0, 0.1) is 18.3 Å². The molecule has 0 aliphatic carbocycles. The average Bonchev–Trinajstić information content (AvgIpc) is 2.75. The van der Waals surface area contributed by atoms with Crippen LogP contribution >= 0.6 is 15.9 Å². The molecule has 30 heavy (non-hydrogen) atoms. The first-order valence-electron chi connectivity index (χ1n) is 8.72. The SMILES string of the molecule is COc1ccc(-n2nc(C(=O)N/N=C/c3ccc(Br)cc3)c(C)c(C#N)c2=O)cc1. The summed E-state index contributed by atoms with van der Waals surface area (Å²) in [5.74, 6) is -0.0423. The zero-order valence-corrected chi connectivity index (χ0v) is 17.7. The number of carbonyl (C=O) groups is 1. The predicted octanol–water partition coefficient (Wildman–Crippen LogP) is 2.95. The molecule has 150 valence electrons. The molecule has 0 saturated heterocycles. The van der Waals surface area contributed by atoms with Gasteiger partial charge < -0.3 is 4.74 Å². The number of carbonyl (C=O) groups excluding carboxylic acids is 1. The first-order chi connectivity index (χ1) is 14.4. The number of benzene rings is 2. The molecule has 8 nitrogen and oxygen atoms in total. The number of hydrogen-bond donors (Lipinski definition) is 1. The van der Waals surface area contributed by atoms with Crippen molar-refractivity contribution in [2.45, 2.75) is 6.92 Å². The van der Waals surface area contributed by atoms with E-state index in [1.54, 1.807) is 24.3 Å². The molecule has 2 aromatic carbocycles. The monoisotopic (exact) mass is 465 g/mol. The molecule has 0 aliphatic rings. The van der Waals surface area contributed by atoms with Gasteiger partial charge in [-0.05, 0) is 48.9 Å². The van der Waals surface area contributed by atoms with Gasteiger partial charge in [-0.1, -0.05) is 28.1 Å². The number of nitriles is 1. The number of rotatable bonds is 5. The number of nitrogens with one attached hydrogen (secondary N) is 1. The lowest BCUT2D eigenvalue weighted by atomic mass is 10.1. The molecule has 3 rings (SSSR count). The number of aromatic nitrogens is 2. The maximum Gasteiger partial charge on any atom is 0.292 e. The number of hydrazone groups is 1. The van der Waals surface area contributed by atoms with E-state index < -0.39 is 11.5 Å². The summed E-state index contributed by atoms with van der Waals surface area (Å²) in [5.41, 5.74) is 2.89. The lowest BCUT2D eigenvalue weighted by molar-refractivity contribution is 0.0947. The minimum atomic E-state index is -0.639. The van der Waals surface area contributed by atoms with E-state index in [0.717, 1.165) is 14.7 Å². The van der Waals surface area contributed by atoms with Crippen LogP contribution in [0.15, 0.2) is 62.9 Å². The van der Waals surface area contributed by atoms with Gasteiger partial charge in [0.25, 0.3) is 11.5 Å². The summed E-state index contributed by atoms with van der Waals surface area (Å²) in [6, 6.07) is 15.7. The Morgan fingerprint density at radius 1 is 1.23 bits per heavy atom. The van der Waals surface area contributed by atoms with Crippen molar-refractivity contribution in [3.8, 4) is 17.5 Å². The average molecular weight is 466 g/mol. The highest BCUT2D eigenvalue weighted by Gasteiger charge is 2.20. The van der Waals surface area contributed by atoms with Gasteiger partial charge >= 0.3 is 0 Å². The Hall–Kier alpha value is -3.77. The fourth-order valence-corrected chi connectivity index (χ4v) is 2.88. The molecule has 1 heterocycles. The van der Waals surface area contributed by atoms with Gasteiger partial charge in [-0.3, -0.25) is 9.59 Å². The van der Waals surface area contributed by atoms with Crippen molar-refractivity contribution in [3.05, 3.63) is 85.7 Å². The van der Waals surface area contributed by atoms with Gasteiger partial charge in [-0.15, -0.1) is 0 Å². The smallest absolute Gasteiger partial charge is 0.292 e. The van der Waals surface area contributed by atoms with Crippen molar-refractivity contribution < 1.29 is 9.53 Å². The van der Waals surface area contributed by atoms with Crippen LogP contribution in [0.2, 0.25) is 0 Å². The van der Waals surface area contributed by atoms with E-state index in [1.165, 1.54) is 20.2 Å². The minimum Gasteiger partial charge on any atom is -0.497 e. The maximum absolute atomic E-state index is 12.7. The van der Waals surface area contributed by atoms with Gasteiger partial charge in [0.05, 0.1) is 19.0 Å². The van der Waals surface area contributed by atoms with Crippen LogP contribution in [0.4, 0.5) is 0 Å². The van der Waals surface area contributed by atoms with Crippen molar-refractivity contribution in [2.24, 2.45) is 5.10 Å². The predicted molar refractivity (Wildman–Crippen MR) is 115 cm³/mol. The van der Waals surface area contributed by atoms with Crippen LogP contribution in [-0.2, 0) is 0 Å². The number of amides is 1. The zero-order chi connectivity index (χ0) is 21.7. The van der Waals surface area contributed by atoms with Gasteiger partial charge in [0, 0.05) is 10.0 Å². The highest BCUT2D eigenvalue weighted by Crippen LogP contribution is 2.15. The zero-order valence-electron chi connectivity index (χ0n) is 16.1. The molecule has 0 saturated carbocycles. The van der Waals surface area contributed by atoms with Crippen LogP contribution in [0.5, 0.6) is 5.75 Å². The summed E-state index contributed by atoms with van der Waals surface area (Å²) in [4.78, 5) is 25.3. The van der Waals surface area contributed by atoms with Crippen molar-refractivity contribution in [1.82, 2.24) is 15.2 Å². The van der Waals surface area contributed by atoms with E-state index in [9.17, 15) is 14.9 Å². The summed E-state index contributed by atoms with van der Waals surface area (Å²) >= 11 is 3.35. The van der Waals surface area contributed by atoms with E-state index in [2.05, 4.69) is 31.6 Å². The van der Waals surface area contributed by atoms with Crippen LogP contribution in [0.3, 0.4) is 0 Å². The molecule has 0 unspecified atom stereocenters. The van der Waals surface area contributed by atoms with Crippen LogP contribution in [0.25, 0.3) is 5.69 Å². The first-order valence-corrected chi connectivity index (χ1v) is 9.51. The summed E-state index contributed by atoms with van der Waals surface area (Å²) in [6.45, 7) is 1.50. The molecule has 3 aromatic rings. The quantitative estimate of drug-likeness (QED) is 0.460. The molecule has 0 radical (unpaired) electrons. The molecule has 1 amide bonds. The van der Waals surface area contributed by atoms with Gasteiger partial charge in [0.15, 0.2) is 5.69 Å².